The van der Waals surface area contributed by atoms with Crippen LogP contribution in [0.2, 0.25) is 0 Å². The molecule has 1 saturated carbocycles. The third-order valence-corrected chi connectivity index (χ3v) is 3.70. The molecule has 1 aliphatic carbocycles. The Morgan fingerprint density at radius 2 is 1.95 bits per heavy atom. The van der Waals surface area contributed by atoms with E-state index in [1.54, 1.807) is 0 Å². The summed E-state index contributed by atoms with van der Waals surface area (Å²) >= 11 is 0. The molecule has 0 radical (unpaired) electrons. The fraction of sp³-hybridized carbons (Fsp3) is 0.333. The summed E-state index contributed by atoms with van der Waals surface area (Å²) in [6.07, 6.45) is 1.11. The van der Waals surface area contributed by atoms with Crippen LogP contribution in [0.4, 0.5) is 5.69 Å². The van der Waals surface area contributed by atoms with Gasteiger partial charge in [-0.2, -0.15) is 0 Å². The first-order valence-corrected chi connectivity index (χ1v) is 6.53. The molecule has 3 N–H and O–H groups in total. The van der Waals surface area contributed by atoms with Crippen molar-refractivity contribution in [1.82, 2.24) is 9.97 Å². The predicted molar refractivity (Wildman–Crippen MR) is 74.3 cm³/mol. The zero-order valence-electron chi connectivity index (χ0n) is 10.9. The molecule has 0 spiro atoms. The topological polar surface area (TPSA) is 72.0 Å². The second kappa shape index (κ2) is 4.63. The van der Waals surface area contributed by atoms with Gasteiger partial charge in [-0.05, 0) is 12.3 Å². The number of hydrogen-bond donors (Lipinski definition) is 2. The lowest BCUT2D eigenvalue weighted by Gasteiger charge is -2.11. The minimum atomic E-state index is -0.151. The van der Waals surface area contributed by atoms with Gasteiger partial charge in [0.2, 0.25) is 0 Å². The van der Waals surface area contributed by atoms with E-state index in [0.29, 0.717) is 29.0 Å². The molecular formula is C15H17N3O. The summed E-state index contributed by atoms with van der Waals surface area (Å²) in [7, 11) is 0. The van der Waals surface area contributed by atoms with Crippen LogP contribution < -0.4 is 5.73 Å². The smallest absolute Gasteiger partial charge is 0.159 e. The van der Waals surface area contributed by atoms with Gasteiger partial charge in [0.25, 0.3) is 0 Å². The van der Waals surface area contributed by atoms with E-state index in [1.807, 2.05) is 30.3 Å². The van der Waals surface area contributed by atoms with Gasteiger partial charge in [-0.1, -0.05) is 37.3 Å². The van der Waals surface area contributed by atoms with Crippen LogP contribution in [0.25, 0.3) is 11.4 Å². The number of anilines is 1. The highest BCUT2D eigenvalue weighted by Crippen LogP contribution is 2.48. The third kappa shape index (κ3) is 2.19. The first kappa shape index (κ1) is 12.1. The van der Waals surface area contributed by atoms with Crippen LogP contribution in [0.15, 0.2) is 30.3 Å². The normalized spacial score (nSPS) is 21.4. The number of benzene rings is 1. The molecule has 0 bridgehead atoms. The van der Waals surface area contributed by atoms with E-state index in [0.717, 1.165) is 17.7 Å². The van der Waals surface area contributed by atoms with Gasteiger partial charge < -0.3 is 10.8 Å². The number of aromatic nitrogens is 2. The van der Waals surface area contributed by atoms with Crippen molar-refractivity contribution in [2.45, 2.75) is 25.9 Å². The van der Waals surface area contributed by atoms with Gasteiger partial charge in [0, 0.05) is 11.5 Å². The fourth-order valence-electron chi connectivity index (χ4n) is 2.36. The standard InChI is InChI=1S/C15H17N3O/c1-9-7-11(9)14-13(16)12(8-19)17-15(18-14)10-5-3-2-4-6-10/h2-6,9,11,19H,7-8,16H2,1H3. The van der Waals surface area contributed by atoms with Gasteiger partial charge in [-0.3, -0.25) is 0 Å². The van der Waals surface area contributed by atoms with E-state index in [9.17, 15) is 5.11 Å². The monoisotopic (exact) mass is 255 g/mol. The highest BCUT2D eigenvalue weighted by molar-refractivity contribution is 5.60. The Balaban J connectivity index is 2.11. The molecule has 2 aromatic rings. The van der Waals surface area contributed by atoms with Gasteiger partial charge in [0.05, 0.1) is 23.7 Å². The highest BCUT2D eigenvalue weighted by Gasteiger charge is 2.37. The number of rotatable bonds is 3. The van der Waals surface area contributed by atoms with Gasteiger partial charge >= 0.3 is 0 Å². The van der Waals surface area contributed by atoms with Crippen molar-refractivity contribution in [2.24, 2.45) is 5.92 Å². The number of aliphatic hydroxyl groups is 1. The number of hydrogen-bond acceptors (Lipinski definition) is 4. The molecule has 2 unspecified atom stereocenters. The van der Waals surface area contributed by atoms with E-state index < -0.39 is 0 Å². The minimum absolute atomic E-state index is 0.151. The molecular weight excluding hydrogens is 238 g/mol. The summed E-state index contributed by atoms with van der Waals surface area (Å²) < 4.78 is 0. The molecule has 1 fully saturated rings. The first-order chi connectivity index (χ1) is 9.20. The molecule has 2 atom stereocenters. The second-order valence-electron chi connectivity index (χ2n) is 5.14. The Bertz CT molecular complexity index is 598. The van der Waals surface area contributed by atoms with Crippen LogP contribution in [-0.4, -0.2) is 15.1 Å². The largest absolute Gasteiger partial charge is 0.396 e. The fourth-order valence-corrected chi connectivity index (χ4v) is 2.36. The van der Waals surface area contributed by atoms with Gasteiger partial charge in [-0.15, -0.1) is 0 Å². The summed E-state index contributed by atoms with van der Waals surface area (Å²) in [4.78, 5) is 8.99. The minimum Gasteiger partial charge on any atom is -0.396 e. The van der Waals surface area contributed by atoms with Gasteiger partial charge in [-0.25, -0.2) is 9.97 Å². The molecule has 1 heterocycles. The van der Waals surface area contributed by atoms with Crippen LogP contribution in [0.1, 0.15) is 30.7 Å². The van der Waals surface area contributed by atoms with E-state index in [1.165, 1.54) is 0 Å². The lowest BCUT2D eigenvalue weighted by atomic mass is 10.1. The van der Waals surface area contributed by atoms with E-state index in [-0.39, 0.29) is 6.61 Å². The summed E-state index contributed by atoms with van der Waals surface area (Å²) in [5.74, 6) is 1.68. The molecule has 4 heteroatoms. The van der Waals surface area contributed by atoms with Crippen molar-refractivity contribution in [3.63, 3.8) is 0 Å². The Morgan fingerprint density at radius 1 is 1.26 bits per heavy atom. The van der Waals surface area contributed by atoms with Crippen LogP contribution in [-0.2, 0) is 6.61 Å². The Kier molecular flexibility index (Phi) is 2.95. The highest BCUT2D eigenvalue weighted by atomic mass is 16.3. The molecule has 4 nitrogen and oxygen atoms in total. The van der Waals surface area contributed by atoms with Crippen molar-refractivity contribution in [3.8, 4) is 11.4 Å². The Morgan fingerprint density at radius 3 is 2.53 bits per heavy atom. The molecule has 0 saturated heterocycles. The second-order valence-corrected chi connectivity index (χ2v) is 5.14. The SMILES string of the molecule is CC1CC1c1nc(-c2ccccc2)nc(CO)c1N. The van der Waals surface area contributed by atoms with Crippen LogP contribution in [0, 0.1) is 5.92 Å². The van der Waals surface area contributed by atoms with Crippen LogP contribution in [0.5, 0.6) is 0 Å². The number of nitrogens with zero attached hydrogens (tertiary/aromatic N) is 2. The average Bonchev–Trinajstić information content (AvgIpc) is 3.17. The quantitative estimate of drug-likeness (QED) is 0.883. The van der Waals surface area contributed by atoms with Crippen LogP contribution >= 0.6 is 0 Å². The molecule has 1 aromatic carbocycles. The van der Waals surface area contributed by atoms with Gasteiger partial charge in [0.15, 0.2) is 5.82 Å². The van der Waals surface area contributed by atoms with Crippen molar-refractivity contribution >= 4 is 5.69 Å². The predicted octanol–water partition coefficient (Wildman–Crippen LogP) is 2.34. The maximum absolute atomic E-state index is 9.41. The Hall–Kier alpha value is -1.94. The summed E-state index contributed by atoms with van der Waals surface area (Å²) in [5, 5.41) is 9.41. The van der Waals surface area contributed by atoms with Crippen molar-refractivity contribution in [3.05, 3.63) is 41.7 Å². The lowest BCUT2D eigenvalue weighted by molar-refractivity contribution is 0.277. The van der Waals surface area contributed by atoms with E-state index >= 15 is 0 Å². The maximum atomic E-state index is 9.41. The van der Waals surface area contributed by atoms with E-state index in [2.05, 4.69) is 16.9 Å². The average molecular weight is 255 g/mol. The van der Waals surface area contributed by atoms with Crippen molar-refractivity contribution in [1.29, 1.82) is 0 Å². The zero-order valence-corrected chi connectivity index (χ0v) is 10.9. The molecule has 98 valence electrons. The molecule has 1 aromatic heterocycles. The summed E-state index contributed by atoms with van der Waals surface area (Å²) in [6.45, 7) is 2.04. The summed E-state index contributed by atoms with van der Waals surface area (Å²) in [5.41, 5.74) is 8.99. The third-order valence-electron chi connectivity index (χ3n) is 3.70. The maximum Gasteiger partial charge on any atom is 0.159 e. The number of nitrogen functional groups attached to an aromatic ring is 1. The summed E-state index contributed by atoms with van der Waals surface area (Å²) in [6, 6.07) is 9.79. The molecule has 0 aliphatic heterocycles. The van der Waals surface area contributed by atoms with Crippen LogP contribution in [0.3, 0.4) is 0 Å². The number of aliphatic hydroxyl groups excluding tert-OH is 1. The molecule has 3 rings (SSSR count). The molecule has 0 amide bonds. The van der Waals surface area contributed by atoms with Crippen molar-refractivity contribution in [2.75, 3.05) is 5.73 Å². The molecule has 1 aliphatic rings. The van der Waals surface area contributed by atoms with E-state index in [4.69, 9.17) is 5.73 Å². The lowest BCUT2D eigenvalue weighted by Crippen LogP contribution is -2.07. The Labute approximate surface area is 112 Å². The van der Waals surface area contributed by atoms with Gasteiger partial charge in [0.1, 0.15) is 0 Å². The first-order valence-electron chi connectivity index (χ1n) is 6.53. The number of nitrogens with two attached hydrogens (primary N) is 1. The molecule has 19 heavy (non-hydrogen) atoms. The van der Waals surface area contributed by atoms with Crippen molar-refractivity contribution < 1.29 is 5.11 Å². The zero-order chi connectivity index (χ0) is 13.4.